The minimum Gasteiger partial charge on any atom is -0.400 e. The van der Waals surface area contributed by atoms with Crippen molar-refractivity contribution >= 4 is 150 Å². The first-order valence-corrected chi connectivity index (χ1v) is 44.1. The third-order valence-electron chi connectivity index (χ3n) is 21.3. The molecule has 667 valence electrons. The summed E-state index contributed by atoms with van der Waals surface area (Å²) < 4.78 is 129. The Labute approximate surface area is 743 Å². The van der Waals surface area contributed by atoms with E-state index in [1.54, 1.807) is 86.0 Å². The number of hydrogen-bond donors (Lipinski definition) is 1. The monoisotopic (exact) mass is 1860 g/mol. The number of allylic oxidation sites excluding steroid dienone is 6. The van der Waals surface area contributed by atoms with Gasteiger partial charge in [-0.05, 0) is 203 Å². The van der Waals surface area contributed by atoms with Crippen LogP contribution in [0.4, 0.5) is 32.0 Å². The Morgan fingerprint density at radius 2 is 0.921 bits per heavy atom. The first-order valence-electron chi connectivity index (χ1n) is 40.4. The zero-order chi connectivity index (χ0) is 93.6. The van der Waals surface area contributed by atoms with Gasteiger partial charge in [-0.3, -0.25) is 68.6 Å². The molecule has 5 heterocycles. The largest absolute Gasteiger partial charge is 0.524 e. The van der Waals surface area contributed by atoms with Crippen molar-refractivity contribution in [3.8, 4) is 18.2 Å². The topological polar surface area (TPSA) is 403 Å². The normalized spacial score (nSPS) is 21.6. The summed E-state index contributed by atoms with van der Waals surface area (Å²) in [5.74, 6) is 4.41. The Morgan fingerprint density at radius 1 is 0.524 bits per heavy atom. The summed E-state index contributed by atoms with van der Waals surface area (Å²) in [4.78, 5) is 105. The Bertz CT molecular complexity index is 5810. The van der Waals surface area contributed by atoms with Crippen molar-refractivity contribution in [3.63, 3.8) is 0 Å². The van der Waals surface area contributed by atoms with E-state index in [2.05, 4.69) is 123 Å². The molecule has 9 atom stereocenters. The molecule has 15 rings (SSSR count). The summed E-state index contributed by atoms with van der Waals surface area (Å²) in [6.07, 6.45) is 29.8. The SMILES string of the molecule is C.CC1=CC(=O)CC(C)C1.CC1CC(=O)C=C(B2OC(C)(C)C(C)(C)O2)C1.CC1CC(=O)C=C(c2ccc(C#N)c3nccnc23)C1.CC1CC(=O)CC(=O)C1.C[C@H]1CC(=O)C[C@@H](c2ccc(C#N)c3nccnc23)C1.C[C@H]1C[C@@H](N)C[C@@H](c2ccc(C#N)c3nccnc23)C1.O=S(=O)(OS(=O)(=O)C(F)(F)F)C(F)(F)F.[2H][B]P.[C-]#[N+]c1ccc(Br)c2nccnc12. The molecular formula is C88H100B2BrF6N13O13PS2. The van der Waals surface area contributed by atoms with Crippen LogP contribution < -0.4 is 5.73 Å². The number of halogens is 7. The molecule has 1 saturated heterocycles. The van der Waals surface area contributed by atoms with Crippen molar-refractivity contribution in [3.05, 3.63) is 177 Å². The summed E-state index contributed by atoms with van der Waals surface area (Å²) in [5, 5.41) is 27.5. The highest BCUT2D eigenvalue weighted by Crippen LogP contribution is 2.43. The van der Waals surface area contributed by atoms with Crippen molar-refractivity contribution < 1.29 is 84.9 Å². The van der Waals surface area contributed by atoms with Crippen molar-refractivity contribution in [2.24, 2.45) is 41.2 Å². The molecule has 0 amide bonds. The first-order chi connectivity index (χ1) is 59.1. The second-order valence-corrected chi connectivity index (χ2v) is 37.0. The number of benzene rings is 4. The van der Waals surface area contributed by atoms with E-state index in [0.29, 0.717) is 141 Å². The van der Waals surface area contributed by atoms with Gasteiger partial charge in [-0.2, -0.15) is 68.1 Å². The summed E-state index contributed by atoms with van der Waals surface area (Å²) in [6.45, 7) is 29.7. The van der Waals surface area contributed by atoms with Gasteiger partial charge in [-0.15, -0.1) is 3.63 Å². The van der Waals surface area contributed by atoms with Crippen LogP contribution in [0.25, 0.3) is 54.6 Å². The van der Waals surface area contributed by atoms with Crippen molar-refractivity contribution in [1.82, 2.24) is 39.9 Å². The number of aromatic nitrogens is 8. The number of nitriles is 3. The molecule has 1 radical (unpaired) electrons. The second-order valence-electron chi connectivity index (χ2n) is 32.9. The van der Waals surface area contributed by atoms with E-state index in [0.717, 1.165) is 94.6 Å². The molecule has 4 aromatic carbocycles. The highest BCUT2D eigenvalue weighted by Gasteiger charge is 2.58. The molecule has 0 spiro atoms. The molecule has 126 heavy (non-hydrogen) atoms. The van der Waals surface area contributed by atoms with Crippen LogP contribution >= 0.6 is 25.0 Å². The molecule has 6 aliphatic carbocycles. The lowest BCUT2D eigenvalue weighted by Gasteiger charge is -2.32. The van der Waals surface area contributed by atoms with Crippen LogP contribution in [0.5, 0.6) is 0 Å². The van der Waals surface area contributed by atoms with E-state index in [9.17, 15) is 77.2 Å². The number of ketones is 6. The van der Waals surface area contributed by atoms with Gasteiger partial charge in [0.1, 0.15) is 59.6 Å². The molecule has 1 aliphatic heterocycles. The number of Topliss-reactive ketones (excluding diaryl/α,β-unsaturated/α-hetero) is 3. The number of alkyl halides is 6. The predicted octanol–water partition coefficient (Wildman–Crippen LogP) is 18.0. The minimum absolute atomic E-state index is 0. The Hall–Kier alpha value is -10.2. The number of carbonyl (C=O) groups excluding carboxylic acids is 6. The molecule has 4 unspecified atom stereocenters. The fraction of sp³-hybridized carbons (Fsp3) is 0.455. The third-order valence-corrected chi connectivity index (χ3v) is 24.5. The van der Waals surface area contributed by atoms with Gasteiger partial charge in [0, 0.05) is 111 Å². The first kappa shape index (κ1) is 103. The van der Waals surface area contributed by atoms with E-state index < -0.39 is 31.3 Å². The van der Waals surface area contributed by atoms with Gasteiger partial charge in [0.25, 0.3) is 0 Å². The van der Waals surface area contributed by atoms with E-state index in [4.69, 9.17) is 33.5 Å². The molecule has 26 nitrogen and oxygen atoms in total. The van der Waals surface area contributed by atoms with Crippen LogP contribution in [-0.4, -0.2) is 136 Å². The lowest BCUT2D eigenvalue weighted by molar-refractivity contribution is -0.131. The molecule has 4 aromatic heterocycles. The molecule has 38 heteroatoms. The summed E-state index contributed by atoms with van der Waals surface area (Å²) in [5.41, 5.74) is 7.15. The lowest BCUT2D eigenvalue weighted by Crippen LogP contribution is -2.41. The maximum Gasteiger partial charge on any atom is 0.524 e. The van der Waals surface area contributed by atoms with Crippen LogP contribution in [0.1, 0.15) is 225 Å². The number of carbonyl (C=O) groups is 6. The van der Waals surface area contributed by atoms with Crippen LogP contribution in [0, 0.1) is 76.1 Å². The summed E-state index contributed by atoms with van der Waals surface area (Å²) in [7, 11) is -10.8. The fourth-order valence-electron chi connectivity index (χ4n) is 15.4. The van der Waals surface area contributed by atoms with Crippen molar-refractivity contribution in [2.45, 2.75) is 220 Å². The van der Waals surface area contributed by atoms with Crippen LogP contribution in [0.15, 0.2) is 132 Å². The molecule has 7 aliphatic rings. The molecular weight excluding hydrogens is 1760 g/mol. The van der Waals surface area contributed by atoms with Gasteiger partial charge < -0.3 is 15.0 Å². The zero-order valence-electron chi connectivity index (χ0n) is 71.7. The van der Waals surface area contributed by atoms with Crippen LogP contribution in [-0.2, 0) is 61.9 Å². The van der Waals surface area contributed by atoms with E-state index in [1.807, 2.05) is 75.5 Å². The smallest absolute Gasteiger partial charge is 0.400 e. The van der Waals surface area contributed by atoms with E-state index in [1.165, 1.54) is 18.7 Å². The molecule has 0 bridgehead atoms. The van der Waals surface area contributed by atoms with Crippen molar-refractivity contribution in [2.75, 3.05) is 0 Å². The van der Waals surface area contributed by atoms with Gasteiger partial charge in [0.2, 0.25) is 5.69 Å². The standard InChI is InChI=1S/C16H18N4.C16H15N3O.C16H13N3O.C13H21BO3.C9H4BrN3.C8H12O.C7H10O2.C2F6O5S2.CH4.BH3P/c1-10-6-12(8-13(18)7-10)14-3-2-11(9-17)15-16(14)20-5-4-19-15;2*1-10-6-12(8-13(20)7-10)14-3-2-11(9-17)15-16(14)19-5-4-18-15;1-9-6-10(8-11(15)7-9)14-16-12(2,3)13(4,5)17-14;1-11-7-3-2-6(10)8-9(7)13-5-4-12-8;1-6-3-7(2)5-8(9)4-6;1-5-2-6(8)4-7(9)3-5;3-1(4,5)14(9,10)13-15(11,12)2(6,7)8;;1-2/h2-5,10,12-13H,6-8,18H2,1H3;2-5,10,12H,6-8H2,1H3;2-5,8,10H,6-7H2,1H3;8-9H,6-7H2,1-5H3;2-5H;4,7H,3,5H2,1-2H3;5H,2-4H2,1H3;;1H4;1H,2H2/t10-,12+,13-;10-,12+;;;;;;;;/m11......../s1/i;;;;;;;;;1D. The predicted molar refractivity (Wildman–Crippen MR) is 475 cm³/mol. The molecule has 8 aromatic rings. The number of nitrogens with zero attached hydrogens (tertiary/aromatic N) is 12. The average molecular weight is 1860 g/mol. The van der Waals surface area contributed by atoms with Gasteiger partial charge in [0.05, 0.1) is 68.5 Å². The third kappa shape index (κ3) is 28.7. The second kappa shape index (κ2) is 46.0. The molecule has 4 fully saturated rings. The quantitative estimate of drug-likeness (QED) is 0.0403. The average Bonchev–Trinajstić information content (AvgIpc) is 1.71. The Morgan fingerprint density at radius 3 is 1.35 bits per heavy atom. The molecule has 3 saturated carbocycles. The lowest BCUT2D eigenvalue weighted by atomic mass is 9.70. The fourth-order valence-corrected chi connectivity index (χ4v) is 17.4. The number of fused-ring (bicyclic) bond motifs is 4. The highest BCUT2D eigenvalue weighted by atomic mass is 79.9. The van der Waals surface area contributed by atoms with Gasteiger partial charge in [-0.25, -0.2) is 4.85 Å². The van der Waals surface area contributed by atoms with E-state index in [-0.39, 0.29) is 67.3 Å². The maximum absolute atomic E-state index is 11.8. The van der Waals surface area contributed by atoms with Crippen LogP contribution in [0.3, 0.4) is 0 Å². The van der Waals surface area contributed by atoms with E-state index >= 15 is 0 Å². The zero-order valence-corrected chi connectivity index (χ0v) is 75.1. The number of nitrogens with two attached hydrogens (primary N) is 1. The van der Waals surface area contributed by atoms with Crippen molar-refractivity contribution in [1.29, 1.82) is 17.1 Å². The molecule has 2 N–H and O–H groups in total. The van der Waals surface area contributed by atoms with Gasteiger partial charge in [-0.1, -0.05) is 84.9 Å². The highest BCUT2D eigenvalue weighted by molar-refractivity contribution is 9.10. The minimum atomic E-state index is -6.85. The number of hydrogen-bond acceptors (Lipinski definition) is 25. The van der Waals surface area contributed by atoms with Gasteiger partial charge >= 0.3 is 38.4 Å². The number of rotatable bonds is 6. The summed E-state index contributed by atoms with van der Waals surface area (Å²) in [6, 6.07) is 21.5. The Balaban J connectivity index is 0.000000226. The van der Waals surface area contributed by atoms with Crippen LogP contribution in [0.2, 0.25) is 0 Å². The summed E-state index contributed by atoms with van der Waals surface area (Å²) >= 11 is 3.35. The Kier molecular flexibility index (Phi) is 37.5. The maximum atomic E-state index is 11.8. The van der Waals surface area contributed by atoms with Gasteiger partial charge in [0.15, 0.2) is 17.3 Å².